The zero-order chi connectivity index (χ0) is 11.9. The minimum absolute atomic E-state index is 0.139. The molecule has 1 spiro atoms. The number of rotatable bonds is 1. The highest BCUT2D eigenvalue weighted by Crippen LogP contribution is 2.53. The van der Waals surface area contributed by atoms with Crippen LogP contribution in [0, 0.1) is 0 Å². The Morgan fingerprint density at radius 1 is 1.33 bits per heavy atom. The maximum atomic E-state index is 11.9. The molecule has 1 unspecified atom stereocenters. The van der Waals surface area contributed by atoms with Crippen molar-refractivity contribution in [2.45, 2.75) is 71.0 Å². The molecule has 1 heterocycles. The second-order valence-corrected chi connectivity index (χ2v) is 5.09. The third-order valence-electron chi connectivity index (χ3n) is 3.26. The van der Waals surface area contributed by atoms with Gasteiger partial charge in [0.1, 0.15) is 0 Å². The fraction of sp³-hybridized carbons (Fsp3) is 0.917. The van der Waals surface area contributed by atoms with E-state index in [0.717, 1.165) is 19.3 Å². The molecular formula is C12H24N2O. The Morgan fingerprint density at radius 3 is 2.07 bits per heavy atom. The van der Waals surface area contributed by atoms with Gasteiger partial charge in [0.05, 0.1) is 5.54 Å². The molecule has 0 aromatic heterocycles. The highest BCUT2D eigenvalue weighted by Gasteiger charge is 2.62. The first-order chi connectivity index (χ1) is 6.89. The number of carbonyl (C=O) groups excluding carboxylic acids is 1. The van der Waals surface area contributed by atoms with Crippen LogP contribution < -0.4 is 5.73 Å². The van der Waals surface area contributed by atoms with E-state index in [1.165, 1.54) is 0 Å². The summed E-state index contributed by atoms with van der Waals surface area (Å²) in [6.45, 7) is 10.00. The summed E-state index contributed by atoms with van der Waals surface area (Å²) < 4.78 is 0. The summed E-state index contributed by atoms with van der Waals surface area (Å²) in [6.07, 6.45) is 3.13. The van der Waals surface area contributed by atoms with Gasteiger partial charge in [-0.15, -0.1) is 0 Å². The summed E-state index contributed by atoms with van der Waals surface area (Å²) in [5.74, 6) is 0.139. The Balaban J connectivity index is 0.000000531. The molecule has 0 radical (unpaired) electrons. The molecule has 2 aliphatic rings. The number of nitrogens with zero attached hydrogens (tertiary/aromatic N) is 1. The third-order valence-corrected chi connectivity index (χ3v) is 3.26. The number of carbonyl (C=O) groups is 1. The van der Waals surface area contributed by atoms with Crippen molar-refractivity contribution in [2.75, 3.05) is 0 Å². The number of hydrogen-bond donors (Lipinski definition) is 1. The van der Waals surface area contributed by atoms with Crippen LogP contribution >= 0.6 is 0 Å². The van der Waals surface area contributed by atoms with Crippen LogP contribution in [-0.4, -0.2) is 27.9 Å². The standard InChI is InChI=1S/C10H18N2O.C2H6/c1-7(2)12-8(13)9(3,11)6-10(12)4-5-10;1-2/h7H,4-6,11H2,1-3H3;1-2H3. The third kappa shape index (κ3) is 1.89. The lowest BCUT2D eigenvalue weighted by molar-refractivity contribution is -0.134. The summed E-state index contributed by atoms with van der Waals surface area (Å²) in [5, 5.41) is 0. The Labute approximate surface area is 93.0 Å². The first-order valence-corrected chi connectivity index (χ1v) is 6.02. The average molecular weight is 212 g/mol. The Bertz CT molecular complexity index is 254. The minimum Gasteiger partial charge on any atom is -0.333 e. The smallest absolute Gasteiger partial charge is 0.243 e. The van der Waals surface area contributed by atoms with Crippen molar-refractivity contribution < 1.29 is 4.79 Å². The average Bonchev–Trinajstić information content (AvgIpc) is 2.83. The van der Waals surface area contributed by atoms with Gasteiger partial charge in [-0.05, 0) is 40.0 Å². The van der Waals surface area contributed by atoms with Crippen molar-refractivity contribution in [1.29, 1.82) is 0 Å². The van der Waals surface area contributed by atoms with E-state index in [2.05, 4.69) is 13.8 Å². The van der Waals surface area contributed by atoms with Crippen LogP contribution in [0.1, 0.15) is 53.9 Å². The molecule has 88 valence electrons. The van der Waals surface area contributed by atoms with Crippen molar-refractivity contribution in [3.05, 3.63) is 0 Å². The Hall–Kier alpha value is -0.570. The molecule has 1 saturated carbocycles. The molecule has 3 heteroatoms. The molecule has 3 nitrogen and oxygen atoms in total. The summed E-state index contributed by atoms with van der Waals surface area (Å²) in [4.78, 5) is 13.9. The molecule has 0 aromatic rings. The predicted molar refractivity (Wildman–Crippen MR) is 62.5 cm³/mol. The maximum Gasteiger partial charge on any atom is 0.243 e. The van der Waals surface area contributed by atoms with Gasteiger partial charge >= 0.3 is 0 Å². The highest BCUT2D eigenvalue weighted by molar-refractivity contribution is 5.90. The summed E-state index contributed by atoms with van der Waals surface area (Å²) in [5.41, 5.74) is 5.51. The van der Waals surface area contributed by atoms with Gasteiger partial charge in [-0.3, -0.25) is 4.79 Å². The molecule has 1 atom stereocenters. The topological polar surface area (TPSA) is 46.3 Å². The molecule has 1 saturated heterocycles. The lowest BCUT2D eigenvalue weighted by Crippen LogP contribution is -2.47. The summed E-state index contributed by atoms with van der Waals surface area (Å²) in [6, 6.07) is 0.292. The lowest BCUT2D eigenvalue weighted by Gasteiger charge is -2.28. The maximum absolute atomic E-state index is 11.9. The van der Waals surface area contributed by atoms with E-state index in [4.69, 9.17) is 5.73 Å². The van der Waals surface area contributed by atoms with Gasteiger partial charge in [0.2, 0.25) is 5.91 Å². The van der Waals surface area contributed by atoms with Crippen LogP contribution in [0.2, 0.25) is 0 Å². The van der Waals surface area contributed by atoms with Crippen molar-refractivity contribution in [2.24, 2.45) is 5.73 Å². The first-order valence-electron chi connectivity index (χ1n) is 6.02. The Morgan fingerprint density at radius 2 is 1.80 bits per heavy atom. The first kappa shape index (κ1) is 12.5. The van der Waals surface area contributed by atoms with Crippen molar-refractivity contribution in [3.8, 4) is 0 Å². The number of likely N-dealkylation sites (tertiary alicyclic amines) is 1. The molecule has 1 amide bonds. The minimum atomic E-state index is -0.610. The number of hydrogen-bond acceptors (Lipinski definition) is 2. The SMILES string of the molecule is CC.CC(C)N1C(=O)C(C)(N)CC12CC2. The molecular weight excluding hydrogens is 188 g/mol. The zero-order valence-electron chi connectivity index (χ0n) is 10.6. The summed E-state index contributed by atoms with van der Waals surface area (Å²) in [7, 11) is 0. The lowest BCUT2D eigenvalue weighted by atomic mass is 9.98. The second kappa shape index (κ2) is 3.78. The molecule has 1 aliphatic heterocycles. The van der Waals surface area contributed by atoms with Crippen molar-refractivity contribution in [1.82, 2.24) is 4.90 Å². The van der Waals surface area contributed by atoms with Gasteiger partial charge in [-0.2, -0.15) is 0 Å². The fourth-order valence-electron chi connectivity index (χ4n) is 2.68. The van der Waals surface area contributed by atoms with E-state index < -0.39 is 5.54 Å². The van der Waals surface area contributed by atoms with E-state index in [1.807, 2.05) is 25.7 Å². The molecule has 1 aliphatic carbocycles. The van der Waals surface area contributed by atoms with Crippen LogP contribution in [0.4, 0.5) is 0 Å². The van der Waals surface area contributed by atoms with E-state index in [9.17, 15) is 4.79 Å². The van der Waals surface area contributed by atoms with Crippen LogP contribution in [0.5, 0.6) is 0 Å². The van der Waals surface area contributed by atoms with Crippen molar-refractivity contribution in [3.63, 3.8) is 0 Å². The van der Waals surface area contributed by atoms with Crippen LogP contribution in [-0.2, 0) is 4.79 Å². The van der Waals surface area contributed by atoms with Gasteiger partial charge in [-0.1, -0.05) is 13.8 Å². The number of nitrogens with two attached hydrogens (primary N) is 1. The monoisotopic (exact) mass is 212 g/mol. The molecule has 2 fully saturated rings. The van der Waals surface area contributed by atoms with Gasteiger partial charge in [0, 0.05) is 11.6 Å². The van der Waals surface area contributed by atoms with Gasteiger partial charge in [0.25, 0.3) is 0 Å². The van der Waals surface area contributed by atoms with E-state index >= 15 is 0 Å². The van der Waals surface area contributed by atoms with E-state index in [0.29, 0.717) is 6.04 Å². The quantitative estimate of drug-likeness (QED) is 0.721. The summed E-state index contributed by atoms with van der Waals surface area (Å²) >= 11 is 0. The van der Waals surface area contributed by atoms with Crippen LogP contribution in [0.15, 0.2) is 0 Å². The van der Waals surface area contributed by atoms with E-state index in [-0.39, 0.29) is 11.4 Å². The zero-order valence-corrected chi connectivity index (χ0v) is 10.6. The fourth-order valence-corrected chi connectivity index (χ4v) is 2.68. The predicted octanol–water partition coefficient (Wildman–Crippen LogP) is 1.90. The van der Waals surface area contributed by atoms with Gasteiger partial charge in [0.15, 0.2) is 0 Å². The van der Waals surface area contributed by atoms with Crippen LogP contribution in [0.25, 0.3) is 0 Å². The Kier molecular flexibility index (Phi) is 3.15. The molecule has 15 heavy (non-hydrogen) atoms. The molecule has 0 bridgehead atoms. The molecule has 2 N–H and O–H groups in total. The van der Waals surface area contributed by atoms with E-state index in [1.54, 1.807) is 0 Å². The van der Waals surface area contributed by atoms with Crippen LogP contribution in [0.3, 0.4) is 0 Å². The normalized spacial score (nSPS) is 31.9. The van der Waals surface area contributed by atoms with Crippen molar-refractivity contribution >= 4 is 5.91 Å². The second-order valence-electron chi connectivity index (χ2n) is 5.09. The largest absolute Gasteiger partial charge is 0.333 e. The highest BCUT2D eigenvalue weighted by atomic mass is 16.2. The van der Waals surface area contributed by atoms with Gasteiger partial charge in [-0.25, -0.2) is 0 Å². The number of amides is 1. The van der Waals surface area contributed by atoms with Gasteiger partial charge < -0.3 is 10.6 Å². The molecule has 2 rings (SSSR count). The molecule has 0 aromatic carbocycles.